The van der Waals surface area contributed by atoms with E-state index in [0.29, 0.717) is 5.56 Å². The molecule has 0 fully saturated rings. The first-order valence-electron chi connectivity index (χ1n) is 8.12. The Morgan fingerprint density at radius 3 is 2.42 bits per heavy atom. The van der Waals surface area contributed by atoms with E-state index in [0.717, 1.165) is 16.8 Å². The Labute approximate surface area is 122 Å². The monoisotopic (exact) mass is 273 g/mol. The van der Waals surface area contributed by atoms with Gasteiger partial charge in [-0.15, -0.1) is 0 Å². The molecule has 0 spiro atoms. The van der Waals surface area contributed by atoms with E-state index in [9.17, 15) is 0 Å². The second-order valence-electron chi connectivity index (χ2n) is 6.19. The molecule has 1 aromatic carbocycles. The summed E-state index contributed by atoms with van der Waals surface area (Å²) in [4.78, 5) is 0. The maximum atomic E-state index is 7.54. The van der Waals surface area contributed by atoms with Gasteiger partial charge in [-0.1, -0.05) is 37.3 Å². The van der Waals surface area contributed by atoms with Crippen molar-refractivity contribution in [2.75, 3.05) is 0 Å². The quantitative estimate of drug-likeness (QED) is 0.584. The summed E-state index contributed by atoms with van der Waals surface area (Å²) in [6, 6.07) is 9.88. The van der Waals surface area contributed by atoms with Crippen LogP contribution in [-0.4, -0.2) is 8.07 Å². The van der Waals surface area contributed by atoms with Crippen LogP contribution in [0.1, 0.15) is 15.2 Å². The number of nitrogens with zero attached hydrogens (tertiary/aromatic N) is 1. The highest BCUT2D eigenvalue weighted by molar-refractivity contribution is 6.88. The van der Waals surface area contributed by atoms with Crippen molar-refractivity contribution in [2.45, 2.75) is 33.4 Å². The highest BCUT2D eigenvalue weighted by atomic mass is 28.3. The van der Waals surface area contributed by atoms with Gasteiger partial charge < -0.3 is 0 Å². The standard InChI is InChI=1S/C17H24NSi/c1-13-7-8-16(14(2)11-13)17-12-15(19(4,5)6)9-10-18(17)3/h7-12H,1-6H3/q+1/i1D3. The van der Waals surface area contributed by atoms with Gasteiger partial charge in [0.1, 0.15) is 7.05 Å². The van der Waals surface area contributed by atoms with Gasteiger partial charge in [-0.05, 0) is 30.6 Å². The lowest BCUT2D eigenvalue weighted by molar-refractivity contribution is -0.660. The van der Waals surface area contributed by atoms with Gasteiger partial charge in [0.05, 0.1) is 8.07 Å². The summed E-state index contributed by atoms with van der Waals surface area (Å²) < 4.78 is 24.7. The number of pyridine rings is 1. The summed E-state index contributed by atoms with van der Waals surface area (Å²) in [7, 11) is 0.646. The lowest BCUT2D eigenvalue weighted by Crippen LogP contribution is -2.42. The minimum Gasteiger partial charge on any atom is -0.201 e. The Morgan fingerprint density at radius 1 is 1.11 bits per heavy atom. The van der Waals surface area contributed by atoms with Gasteiger partial charge in [-0.3, -0.25) is 0 Å². The van der Waals surface area contributed by atoms with Gasteiger partial charge in [-0.25, -0.2) is 4.57 Å². The molecule has 0 aliphatic rings. The van der Waals surface area contributed by atoms with Crippen LogP contribution in [0.4, 0.5) is 0 Å². The third kappa shape index (κ3) is 2.95. The van der Waals surface area contributed by atoms with Crippen LogP contribution in [0, 0.1) is 13.8 Å². The molecule has 0 bridgehead atoms. The highest BCUT2D eigenvalue weighted by Crippen LogP contribution is 2.21. The lowest BCUT2D eigenvalue weighted by Gasteiger charge is -2.16. The molecule has 2 heteroatoms. The molecule has 0 saturated carbocycles. The van der Waals surface area contributed by atoms with E-state index in [1.54, 1.807) is 12.1 Å². The van der Waals surface area contributed by atoms with Crippen LogP contribution in [0.2, 0.25) is 19.6 Å². The molecule has 1 aromatic heterocycles. The fraction of sp³-hybridized carbons (Fsp3) is 0.353. The second-order valence-corrected chi connectivity index (χ2v) is 11.3. The number of hydrogen-bond donors (Lipinski definition) is 0. The van der Waals surface area contributed by atoms with Crippen LogP contribution in [0.15, 0.2) is 36.5 Å². The van der Waals surface area contributed by atoms with Gasteiger partial charge in [0.15, 0.2) is 6.20 Å². The molecule has 0 amide bonds. The molecule has 1 heterocycles. The zero-order valence-corrected chi connectivity index (χ0v) is 13.4. The average Bonchev–Trinajstić information content (AvgIpc) is 2.37. The van der Waals surface area contributed by atoms with E-state index in [4.69, 9.17) is 4.11 Å². The van der Waals surface area contributed by atoms with Crippen LogP contribution in [0.5, 0.6) is 0 Å². The molecule has 0 saturated heterocycles. The van der Waals surface area contributed by atoms with E-state index in [1.165, 1.54) is 5.19 Å². The van der Waals surface area contributed by atoms with Gasteiger partial charge in [0.2, 0.25) is 5.69 Å². The zero-order chi connectivity index (χ0) is 16.7. The van der Waals surface area contributed by atoms with Crippen LogP contribution >= 0.6 is 0 Å². The first-order chi connectivity index (χ1) is 10.00. The molecule has 0 aliphatic heterocycles. The Hall–Kier alpha value is -1.41. The molecule has 0 aliphatic carbocycles. The van der Waals surface area contributed by atoms with Crippen molar-refractivity contribution in [3.63, 3.8) is 0 Å². The van der Waals surface area contributed by atoms with Crippen molar-refractivity contribution in [2.24, 2.45) is 7.05 Å². The summed E-state index contributed by atoms with van der Waals surface area (Å²) in [5, 5.41) is 1.40. The number of aryl methyl sites for hydroxylation is 3. The highest BCUT2D eigenvalue weighted by Gasteiger charge is 2.21. The number of aromatic nitrogens is 1. The van der Waals surface area contributed by atoms with Crippen molar-refractivity contribution in [1.29, 1.82) is 0 Å². The van der Waals surface area contributed by atoms with E-state index in [2.05, 4.69) is 42.5 Å². The topological polar surface area (TPSA) is 3.88 Å². The predicted octanol–water partition coefficient (Wildman–Crippen LogP) is 3.34. The molecular formula is C17H24NSi+. The Kier molecular flexibility index (Phi) is 2.69. The van der Waals surface area contributed by atoms with Crippen molar-refractivity contribution in [3.05, 3.63) is 47.7 Å². The van der Waals surface area contributed by atoms with E-state index < -0.39 is 14.9 Å². The van der Waals surface area contributed by atoms with Crippen LogP contribution in [-0.2, 0) is 7.05 Å². The van der Waals surface area contributed by atoms with Crippen LogP contribution < -0.4 is 9.75 Å². The van der Waals surface area contributed by atoms with Gasteiger partial charge in [-0.2, -0.15) is 0 Å². The van der Waals surface area contributed by atoms with Crippen molar-refractivity contribution < 1.29 is 8.68 Å². The largest absolute Gasteiger partial charge is 0.212 e. The molecule has 0 N–H and O–H groups in total. The Morgan fingerprint density at radius 2 is 1.84 bits per heavy atom. The van der Waals surface area contributed by atoms with E-state index in [1.807, 2.05) is 20.0 Å². The number of rotatable bonds is 2. The zero-order valence-electron chi connectivity index (χ0n) is 15.4. The number of benzene rings is 1. The third-order valence-corrected chi connectivity index (χ3v) is 5.56. The second kappa shape index (κ2) is 4.93. The maximum absolute atomic E-state index is 7.54. The first kappa shape index (κ1) is 10.4. The molecule has 19 heavy (non-hydrogen) atoms. The smallest absolute Gasteiger partial charge is 0.201 e. The predicted molar refractivity (Wildman–Crippen MR) is 85.5 cm³/mol. The van der Waals surface area contributed by atoms with Crippen molar-refractivity contribution >= 4 is 13.3 Å². The van der Waals surface area contributed by atoms with E-state index in [-0.39, 0.29) is 0 Å². The molecule has 0 atom stereocenters. The van der Waals surface area contributed by atoms with Crippen molar-refractivity contribution in [3.8, 4) is 11.3 Å². The molecular weight excluding hydrogens is 246 g/mol. The number of hydrogen-bond acceptors (Lipinski definition) is 0. The average molecular weight is 273 g/mol. The fourth-order valence-electron chi connectivity index (χ4n) is 2.25. The maximum Gasteiger partial charge on any atom is 0.212 e. The Balaban J connectivity index is 2.57. The first-order valence-corrected chi connectivity index (χ1v) is 10.1. The minimum atomic E-state index is -2.05. The van der Waals surface area contributed by atoms with Crippen LogP contribution in [0.3, 0.4) is 0 Å². The van der Waals surface area contributed by atoms with Gasteiger partial charge >= 0.3 is 0 Å². The minimum absolute atomic E-state index is 0.401. The molecule has 1 nitrogen and oxygen atoms in total. The summed E-state index contributed by atoms with van der Waals surface area (Å²) in [5.74, 6) is 0. The molecule has 2 aromatic rings. The van der Waals surface area contributed by atoms with Gasteiger partial charge in [0, 0.05) is 21.8 Å². The third-order valence-electron chi connectivity index (χ3n) is 3.52. The summed E-state index contributed by atoms with van der Waals surface area (Å²) >= 11 is 0. The van der Waals surface area contributed by atoms with Gasteiger partial charge in [0.25, 0.3) is 0 Å². The molecule has 2 rings (SSSR count). The Bertz CT molecular complexity index is 700. The molecule has 0 unspecified atom stereocenters. The van der Waals surface area contributed by atoms with E-state index >= 15 is 0 Å². The molecule has 0 radical (unpaired) electrons. The SMILES string of the molecule is [2H]C([2H])([2H])c1ccc(-c2cc([Si](C)(C)C)cc[n+]2C)c(C)c1. The fourth-order valence-corrected chi connectivity index (χ4v) is 3.40. The van der Waals surface area contributed by atoms with Crippen molar-refractivity contribution in [1.82, 2.24) is 0 Å². The molecule has 100 valence electrons. The summed E-state index contributed by atoms with van der Waals surface area (Å²) in [6.45, 7) is 6.92. The lowest BCUT2D eigenvalue weighted by atomic mass is 10.0. The normalized spacial score (nSPS) is 14.7. The summed E-state index contributed by atoms with van der Waals surface area (Å²) in [6.07, 6.45) is 2.10. The summed E-state index contributed by atoms with van der Waals surface area (Å²) in [5.41, 5.74) is 3.62. The van der Waals surface area contributed by atoms with Crippen LogP contribution in [0.25, 0.3) is 11.3 Å².